The van der Waals surface area contributed by atoms with Gasteiger partial charge in [0, 0.05) is 30.4 Å². The van der Waals surface area contributed by atoms with Crippen molar-refractivity contribution in [1.29, 1.82) is 0 Å². The molecule has 1 aromatic heterocycles. The van der Waals surface area contributed by atoms with Gasteiger partial charge in [-0.05, 0) is 47.7 Å². The van der Waals surface area contributed by atoms with Gasteiger partial charge in [0.25, 0.3) is 0 Å². The van der Waals surface area contributed by atoms with Crippen LogP contribution in [-0.2, 0) is 33.5 Å². The summed E-state index contributed by atoms with van der Waals surface area (Å²) in [7, 11) is 0. The first kappa shape index (κ1) is 23.6. The molecule has 2 aromatic carbocycles. The minimum atomic E-state index is -1.53. The van der Waals surface area contributed by atoms with Gasteiger partial charge in [-0.25, -0.2) is 0 Å². The zero-order chi connectivity index (χ0) is 24.5. The molecule has 0 bridgehead atoms. The molecule has 2 aliphatic rings. The molecule has 3 heterocycles. The number of rotatable bonds is 7. The number of aromatic nitrogens is 1. The number of H-pyrrole nitrogens is 1. The Kier molecular flexibility index (Phi) is 6.66. The van der Waals surface area contributed by atoms with Crippen molar-refractivity contribution < 1.29 is 39.1 Å². The lowest BCUT2D eigenvalue weighted by molar-refractivity contribution is -0.278. The predicted octanol–water partition coefficient (Wildman–Crippen LogP) is 1.64. The third-order valence-electron chi connectivity index (χ3n) is 6.55. The van der Waals surface area contributed by atoms with Crippen molar-refractivity contribution in [2.45, 2.75) is 56.9 Å². The molecule has 1 saturated heterocycles. The maximum atomic E-state index is 11.2. The summed E-state index contributed by atoms with van der Waals surface area (Å²) in [4.78, 5) is 14.4. The molecule has 3 aromatic rings. The first-order valence-corrected chi connectivity index (χ1v) is 11.7. The standard InChI is InChI=1S/C26H29NO8/c1-14(28)33-13-21-23(29)24(30)25(31)26(35-21)34-20-4-2-3-18-22(20)17(12-27-18)7-5-15-6-8-19-16(11-15)9-10-32-19/h2-4,6,8,11-12,21,23-27,29-31H,5,7,9-10,13H2,1H3/t21-,23-,24+,25-,26-/m1/s1. The molecule has 0 aliphatic carbocycles. The van der Waals surface area contributed by atoms with E-state index in [9.17, 15) is 20.1 Å². The topological polar surface area (TPSA) is 130 Å². The molecule has 5 atom stereocenters. The molecule has 9 heteroatoms. The smallest absolute Gasteiger partial charge is 0.302 e. The van der Waals surface area contributed by atoms with Gasteiger partial charge >= 0.3 is 5.97 Å². The second-order valence-electron chi connectivity index (χ2n) is 8.97. The summed E-state index contributed by atoms with van der Waals surface area (Å²) in [5, 5.41) is 31.9. The fourth-order valence-corrected chi connectivity index (χ4v) is 4.67. The third kappa shape index (κ3) is 4.85. The summed E-state index contributed by atoms with van der Waals surface area (Å²) in [5.74, 6) is 0.887. The number of aliphatic hydroxyl groups is 3. The molecule has 0 radical (unpaired) electrons. The zero-order valence-corrected chi connectivity index (χ0v) is 19.3. The highest BCUT2D eigenvalue weighted by atomic mass is 16.7. The lowest BCUT2D eigenvalue weighted by Gasteiger charge is -2.40. The van der Waals surface area contributed by atoms with Crippen LogP contribution < -0.4 is 9.47 Å². The number of fused-ring (bicyclic) bond motifs is 2. The number of esters is 1. The van der Waals surface area contributed by atoms with Crippen LogP contribution in [0.25, 0.3) is 10.9 Å². The Balaban J connectivity index is 1.34. The highest BCUT2D eigenvalue weighted by Crippen LogP contribution is 2.33. The number of benzene rings is 2. The number of carbonyl (C=O) groups is 1. The van der Waals surface area contributed by atoms with Crippen molar-refractivity contribution in [3.8, 4) is 11.5 Å². The van der Waals surface area contributed by atoms with Crippen LogP contribution in [0.15, 0.2) is 42.6 Å². The Labute approximate surface area is 202 Å². The molecule has 2 aliphatic heterocycles. The van der Waals surface area contributed by atoms with Crippen molar-refractivity contribution in [2.24, 2.45) is 0 Å². The molecule has 35 heavy (non-hydrogen) atoms. The average molecular weight is 484 g/mol. The highest BCUT2D eigenvalue weighted by Gasteiger charge is 2.45. The van der Waals surface area contributed by atoms with Crippen molar-refractivity contribution in [3.05, 3.63) is 59.3 Å². The van der Waals surface area contributed by atoms with Gasteiger partial charge in [-0.15, -0.1) is 0 Å². The Bertz CT molecular complexity index is 1210. The fourth-order valence-electron chi connectivity index (χ4n) is 4.67. The van der Waals surface area contributed by atoms with Crippen LogP contribution in [0.2, 0.25) is 0 Å². The van der Waals surface area contributed by atoms with Crippen molar-refractivity contribution in [2.75, 3.05) is 13.2 Å². The van der Waals surface area contributed by atoms with Crippen LogP contribution in [0.1, 0.15) is 23.6 Å². The van der Waals surface area contributed by atoms with E-state index in [-0.39, 0.29) is 6.61 Å². The number of aromatic amines is 1. The van der Waals surface area contributed by atoms with E-state index in [0.29, 0.717) is 5.75 Å². The quantitative estimate of drug-likeness (QED) is 0.373. The Morgan fingerprint density at radius 3 is 2.80 bits per heavy atom. The second kappa shape index (κ2) is 9.87. The van der Waals surface area contributed by atoms with E-state index in [1.165, 1.54) is 18.1 Å². The summed E-state index contributed by atoms with van der Waals surface area (Å²) < 4.78 is 22.2. The van der Waals surface area contributed by atoms with Crippen molar-refractivity contribution in [3.63, 3.8) is 0 Å². The fraction of sp³-hybridized carbons (Fsp3) is 0.423. The normalized spacial score (nSPS) is 25.8. The van der Waals surface area contributed by atoms with E-state index in [1.807, 2.05) is 24.4 Å². The van der Waals surface area contributed by atoms with Crippen LogP contribution in [0.4, 0.5) is 0 Å². The monoisotopic (exact) mass is 483 g/mol. The molecule has 9 nitrogen and oxygen atoms in total. The Hall–Kier alpha value is -3.11. The predicted molar refractivity (Wildman–Crippen MR) is 125 cm³/mol. The van der Waals surface area contributed by atoms with E-state index in [0.717, 1.165) is 48.1 Å². The van der Waals surface area contributed by atoms with Gasteiger partial charge in [-0.1, -0.05) is 18.2 Å². The minimum Gasteiger partial charge on any atom is -0.493 e. The lowest BCUT2D eigenvalue weighted by Crippen LogP contribution is -2.60. The molecule has 5 rings (SSSR count). The van der Waals surface area contributed by atoms with Gasteiger partial charge < -0.3 is 39.3 Å². The molecule has 0 spiro atoms. The third-order valence-corrected chi connectivity index (χ3v) is 6.55. The van der Waals surface area contributed by atoms with Gasteiger partial charge in [0.2, 0.25) is 6.29 Å². The lowest BCUT2D eigenvalue weighted by atomic mass is 9.99. The summed E-state index contributed by atoms with van der Waals surface area (Å²) in [6, 6.07) is 11.8. The van der Waals surface area contributed by atoms with E-state index in [1.54, 1.807) is 6.07 Å². The van der Waals surface area contributed by atoms with Crippen LogP contribution in [-0.4, -0.2) is 70.2 Å². The molecular weight excluding hydrogens is 454 g/mol. The maximum Gasteiger partial charge on any atom is 0.302 e. The first-order chi connectivity index (χ1) is 16.9. The van der Waals surface area contributed by atoms with Gasteiger partial charge in [-0.2, -0.15) is 0 Å². The summed E-state index contributed by atoms with van der Waals surface area (Å²) in [6.45, 7) is 1.69. The molecule has 1 fully saturated rings. The van der Waals surface area contributed by atoms with Crippen molar-refractivity contribution >= 4 is 16.9 Å². The SMILES string of the molecule is CC(=O)OC[C@H]1O[C@@H](Oc2cccc3[nH]cc(CCc4ccc5c(c4)CCO5)c23)[C@H](O)[C@@H](O)[C@@H]1O. The number of aryl methyl sites for hydroxylation is 2. The molecule has 0 amide bonds. The second-order valence-corrected chi connectivity index (χ2v) is 8.97. The number of hydrogen-bond donors (Lipinski definition) is 4. The molecular formula is C26H29NO8. The molecule has 0 unspecified atom stereocenters. The number of aliphatic hydroxyl groups excluding tert-OH is 3. The summed E-state index contributed by atoms with van der Waals surface area (Å²) in [6.07, 6.45) is -2.31. The largest absolute Gasteiger partial charge is 0.493 e. The van der Waals surface area contributed by atoms with E-state index < -0.39 is 36.7 Å². The number of nitrogens with one attached hydrogen (secondary N) is 1. The molecule has 0 saturated carbocycles. The maximum absolute atomic E-state index is 11.2. The van der Waals surface area contributed by atoms with Gasteiger partial charge in [0.1, 0.15) is 42.5 Å². The number of hydrogen-bond acceptors (Lipinski definition) is 8. The summed E-state index contributed by atoms with van der Waals surface area (Å²) in [5.41, 5.74) is 4.35. The Morgan fingerprint density at radius 2 is 1.97 bits per heavy atom. The van der Waals surface area contributed by atoms with E-state index in [2.05, 4.69) is 17.1 Å². The van der Waals surface area contributed by atoms with Gasteiger partial charge in [-0.3, -0.25) is 4.79 Å². The zero-order valence-electron chi connectivity index (χ0n) is 19.3. The van der Waals surface area contributed by atoms with E-state index in [4.69, 9.17) is 18.9 Å². The first-order valence-electron chi connectivity index (χ1n) is 11.7. The summed E-state index contributed by atoms with van der Waals surface area (Å²) >= 11 is 0. The number of ether oxygens (including phenoxy) is 4. The van der Waals surface area contributed by atoms with Gasteiger partial charge in [0.15, 0.2) is 0 Å². The van der Waals surface area contributed by atoms with Gasteiger partial charge in [0.05, 0.1) is 6.61 Å². The van der Waals surface area contributed by atoms with E-state index >= 15 is 0 Å². The average Bonchev–Trinajstić information content (AvgIpc) is 3.49. The minimum absolute atomic E-state index is 0.272. The van der Waals surface area contributed by atoms with Crippen LogP contribution in [0.3, 0.4) is 0 Å². The van der Waals surface area contributed by atoms with Crippen molar-refractivity contribution in [1.82, 2.24) is 4.98 Å². The highest BCUT2D eigenvalue weighted by molar-refractivity contribution is 5.89. The molecule has 4 N–H and O–H groups in total. The van der Waals surface area contributed by atoms with Crippen LogP contribution >= 0.6 is 0 Å². The number of carbonyl (C=O) groups excluding carboxylic acids is 1. The molecule has 186 valence electrons. The van der Waals surface area contributed by atoms with Crippen LogP contribution in [0, 0.1) is 0 Å². The van der Waals surface area contributed by atoms with Crippen LogP contribution in [0.5, 0.6) is 11.5 Å². The Morgan fingerprint density at radius 1 is 1.11 bits per heavy atom.